The summed E-state index contributed by atoms with van der Waals surface area (Å²) >= 11 is 0. The Morgan fingerprint density at radius 3 is 2.87 bits per heavy atom. The number of aromatic nitrogens is 1. The van der Waals surface area contributed by atoms with Gasteiger partial charge in [0, 0.05) is 6.20 Å². The topological polar surface area (TPSA) is 79.4 Å². The standard InChI is InChI=1S/C18H17NO4/c1-23-16(21)9-11-2-3-13-10-14(5-4-12(13)8-11)17-15(20)6-7-19-18(17)22/h2-3,6-8,10H,4-5,9H2,1H3,(H2,19,20,22). The largest absolute Gasteiger partial charge is 0.507 e. The molecule has 0 bridgehead atoms. The van der Waals surface area contributed by atoms with E-state index in [9.17, 15) is 14.7 Å². The molecular formula is C18H17NO4. The normalized spacial score (nSPS) is 13.2. The third-order valence-electron chi connectivity index (χ3n) is 4.04. The molecule has 0 fully saturated rings. The predicted octanol–water partition coefficient (Wildman–Crippen LogP) is 2.28. The van der Waals surface area contributed by atoms with Crippen LogP contribution in [0.3, 0.4) is 0 Å². The molecule has 2 aromatic rings. The smallest absolute Gasteiger partial charge is 0.309 e. The first kappa shape index (κ1) is 15.1. The van der Waals surface area contributed by atoms with Crippen molar-refractivity contribution in [2.45, 2.75) is 19.3 Å². The van der Waals surface area contributed by atoms with E-state index in [1.54, 1.807) is 0 Å². The molecule has 1 aromatic carbocycles. The summed E-state index contributed by atoms with van der Waals surface area (Å²) in [4.78, 5) is 25.9. The quantitative estimate of drug-likeness (QED) is 0.852. The second-order valence-corrected chi connectivity index (χ2v) is 5.52. The first-order valence-corrected chi connectivity index (χ1v) is 7.38. The van der Waals surface area contributed by atoms with Gasteiger partial charge in [-0.1, -0.05) is 24.3 Å². The molecular weight excluding hydrogens is 294 g/mol. The van der Waals surface area contributed by atoms with Crippen LogP contribution in [0.1, 0.15) is 28.7 Å². The lowest BCUT2D eigenvalue weighted by atomic mass is 9.87. The van der Waals surface area contributed by atoms with Crippen molar-refractivity contribution in [2.75, 3.05) is 7.11 Å². The average molecular weight is 311 g/mol. The molecule has 118 valence electrons. The van der Waals surface area contributed by atoms with Crippen molar-refractivity contribution in [1.29, 1.82) is 0 Å². The van der Waals surface area contributed by atoms with Crippen LogP contribution >= 0.6 is 0 Å². The second kappa shape index (κ2) is 6.12. The van der Waals surface area contributed by atoms with E-state index in [0.717, 1.165) is 28.7 Å². The summed E-state index contributed by atoms with van der Waals surface area (Å²) in [6, 6.07) is 7.28. The zero-order valence-corrected chi connectivity index (χ0v) is 12.8. The molecule has 0 saturated heterocycles. The SMILES string of the molecule is COC(=O)Cc1ccc2c(c1)CCC(c1c(O)cc[nH]c1=O)=C2. The van der Waals surface area contributed by atoms with Gasteiger partial charge in [0.15, 0.2) is 0 Å². The Hall–Kier alpha value is -2.82. The Bertz CT molecular complexity index is 848. The van der Waals surface area contributed by atoms with Gasteiger partial charge in [0.2, 0.25) is 0 Å². The Morgan fingerprint density at radius 1 is 1.30 bits per heavy atom. The number of rotatable bonds is 3. The molecule has 1 aliphatic carbocycles. The van der Waals surface area contributed by atoms with Gasteiger partial charge in [0.05, 0.1) is 19.1 Å². The fourth-order valence-electron chi connectivity index (χ4n) is 2.87. The van der Waals surface area contributed by atoms with Crippen LogP contribution in [0.15, 0.2) is 35.3 Å². The first-order valence-electron chi connectivity index (χ1n) is 7.38. The molecule has 0 aliphatic heterocycles. The number of ether oxygens (including phenoxy) is 1. The summed E-state index contributed by atoms with van der Waals surface area (Å²) in [7, 11) is 1.37. The number of pyridine rings is 1. The minimum atomic E-state index is -0.290. The molecule has 0 atom stereocenters. The van der Waals surface area contributed by atoms with Crippen molar-refractivity contribution in [2.24, 2.45) is 0 Å². The monoisotopic (exact) mass is 311 g/mol. The highest BCUT2D eigenvalue weighted by atomic mass is 16.5. The lowest BCUT2D eigenvalue weighted by molar-refractivity contribution is -0.139. The molecule has 5 heteroatoms. The summed E-state index contributed by atoms with van der Waals surface area (Å²) in [6.07, 6.45) is 5.02. The molecule has 3 rings (SSSR count). The molecule has 1 heterocycles. The van der Waals surface area contributed by atoms with Crippen LogP contribution in [0.2, 0.25) is 0 Å². The van der Waals surface area contributed by atoms with Gasteiger partial charge in [-0.25, -0.2) is 0 Å². The minimum absolute atomic E-state index is 0.00855. The number of benzene rings is 1. The highest BCUT2D eigenvalue weighted by molar-refractivity contribution is 5.86. The number of methoxy groups -OCH3 is 1. The van der Waals surface area contributed by atoms with Gasteiger partial charge in [-0.2, -0.15) is 0 Å². The zero-order valence-electron chi connectivity index (χ0n) is 12.8. The molecule has 2 N–H and O–H groups in total. The van der Waals surface area contributed by atoms with E-state index in [1.807, 2.05) is 24.3 Å². The van der Waals surface area contributed by atoms with Gasteiger partial charge >= 0.3 is 5.97 Å². The summed E-state index contributed by atoms with van der Waals surface area (Å²) in [5.41, 5.74) is 3.90. The number of aromatic amines is 1. The van der Waals surface area contributed by atoms with Crippen molar-refractivity contribution in [3.8, 4) is 5.75 Å². The van der Waals surface area contributed by atoms with Crippen molar-refractivity contribution in [1.82, 2.24) is 4.98 Å². The third-order valence-corrected chi connectivity index (χ3v) is 4.04. The number of esters is 1. The molecule has 1 aromatic heterocycles. The van der Waals surface area contributed by atoms with Crippen LogP contribution in [0.25, 0.3) is 11.6 Å². The van der Waals surface area contributed by atoms with E-state index in [0.29, 0.717) is 12.0 Å². The van der Waals surface area contributed by atoms with E-state index < -0.39 is 0 Å². The number of aromatic hydroxyl groups is 1. The highest BCUT2D eigenvalue weighted by Gasteiger charge is 2.17. The summed E-state index contributed by atoms with van der Waals surface area (Å²) in [6.45, 7) is 0. The van der Waals surface area contributed by atoms with Crippen molar-refractivity contribution in [3.63, 3.8) is 0 Å². The van der Waals surface area contributed by atoms with E-state index in [1.165, 1.54) is 19.4 Å². The van der Waals surface area contributed by atoms with Crippen molar-refractivity contribution in [3.05, 3.63) is 63.1 Å². The number of fused-ring (bicyclic) bond motifs is 1. The van der Waals surface area contributed by atoms with Crippen LogP contribution in [0.4, 0.5) is 0 Å². The van der Waals surface area contributed by atoms with Gasteiger partial charge in [0.1, 0.15) is 5.75 Å². The van der Waals surface area contributed by atoms with Crippen molar-refractivity contribution >= 4 is 17.6 Å². The molecule has 0 radical (unpaired) electrons. The Morgan fingerprint density at radius 2 is 2.13 bits per heavy atom. The average Bonchev–Trinajstić information content (AvgIpc) is 2.54. The highest BCUT2D eigenvalue weighted by Crippen LogP contribution is 2.32. The van der Waals surface area contributed by atoms with Crippen LogP contribution < -0.4 is 5.56 Å². The molecule has 0 spiro atoms. The van der Waals surface area contributed by atoms with Crippen LogP contribution in [-0.2, 0) is 22.4 Å². The van der Waals surface area contributed by atoms with Crippen molar-refractivity contribution < 1.29 is 14.6 Å². The lowest BCUT2D eigenvalue weighted by Crippen LogP contribution is -2.13. The maximum absolute atomic E-state index is 12.0. The molecule has 0 unspecified atom stereocenters. The minimum Gasteiger partial charge on any atom is -0.507 e. The van der Waals surface area contributed by atoms with Gasteiger partial charge in [-0.3, -0.25) is 9.59 Å². The fraction of sp³-hybridized carbons (Fsp3) is 0.222. The number of H-pyrrole nitrogens is 1. The summed E-state index contributed by atoms with van der Waals surface area (Å²) in [5, 5.41) is 9.95. The van der Waals surface area contributed by atoms with Gasteiger partial charge in [-0.05, 0) is 41.2 Å². The van der Waals surface area contributed by atoms with E-state index >= 15 is 0 Å². The summed E-state index contributed by atoms with van der Waals surface area (Å²) in [5.74, 6) is -0.275. The molecule has 1 aliphatic rings. The van der Waals surface area contributed by atoms with Gasteiger partial charge in [0.25, 0.3) is 5.56 Å². The maximum Gasteiger partial charge on any atom is 0.309 e. The van der Waals surface area contributed by atoms with E-state index in [-0.39, 0.29) is 23.7 Å². The fourth-order valence-corrected chi connectivity index (χ4v) is 2.87. The number of nitrogens with one attached hydrogen (secondary N) is 1. The number of carbonyl (C=O) groups is 1. The maximum atomic E-state index is 12.0. The van der Waals surface area contributed by atoms with Gasteiger partial charge in [-0.15, -0.1) is 0 Å². The molecule has 0 saturated carbocycles. The lowest BCUT2D eigenvalue weighted by Gasteiger charge is -2.17. The van der Waals surface area contributed by atoms with Crippen LogP contribution in [-0.4, -0.2) is 23.2 Å². The molecule has 23 heavy (non-hydrogen) atoms. The zero-order chi connectivity index (χ0) is 16.4. The van der Waals surface area contributed by atoms with Crippen LogP contribution in [0, 0.1) is 0 Å². The number of carbonyl (C=O) groups excluding carboxylic acids is 1. The van der Waals surface area contributed by atoms with Crippen LogP contribution in [0.5, 0.6) is 5.75 Å². The van der Waals surface area contributed by atoms with Gasteiger partial charge < -0.3 is 14.8 Å². The van der Waals surface area contributed by atoms with E-state index in [4.69, 9.17) is 0 Å². The summed E-state index contributed by atoms with van der Waals surface area (Å²) < 4.78 is 4.68. The number of hydrogen-bond acceptors (Lipinski definition) is 4. The number of aryl methyl sites for hydroxylation is 1. The Kier molecular flexibility index (Phi) is 4.02. The molecule has 5 nitrogen and oxygen atoms in total. The Balaban J connectivity index is 1.96. The predicted molar refractivity (Wildman–Crippen MR) is 87.1 cm³/mol. The Labute approximate surface area is 133 Å². The molecule has 0 amide bonds. The number of hydrogen-bond donors (Lipinski definition) is 2. The first-order chi connectivity index (χ1) is 11.1. The van der Waals surface area contributed by atoms with E-state index in [2.05, 4.69) is 9.72 Å². The third kappa shape index (κ3) is 3.04. The second-order valence-electron chi connectivity index (χ2n) is 5.52. The number of allylic oxidation sites excluding steroid dienone is 1.